The smallest absolute Gasteiger partial charge is 0.0729 e. The molecule has 0 fully saturated rings. The van der Waals surface area contributed by atoms with Crippen molar-refractivity contribution in [1.29, 1.82) is 0 Å². The minimum absolute atomic E-state index is 0.00782. The summed E-state index contributed by atoms with van der Waals surface area (Å²) in [5, 5.41) is 10.1. The summed E-state index contributed by atoms with van der Waals surface area (Å²) in [5.74, 6) is 7.75. The summed E-state index contributed by atoms with van der Waals surface area (Å²) in [6.45, 7) is 22.6. The van der Waals surface area contributed by atoms with Crippen LogP contribution in [0.15, 0.2) is 82.0 Å². The van der Waals surface area contributed by atoms with Crippen molar-refractivity contribution in [2.75, 3.05) is 0 Å². The van der Waals surface area contributed by atoms with Crippen molar-refractivity contribution in [3.8, 4) is 11.8 Å². The quantitative estimate of drug-likeness (QED) is 0.152. The summed E-state index contributed by atoms with van der Waals surface area (Å²) >= 11 is 0. The third-order valence-electron chi connectivity index (χ3n) is 9.18. The van der Waals surface area contributed by atoms with E-state index < -0.39 is 0 Å². The van der Waals surface area contributed by atoms with Gasteiger partial charge in [0.15, 0.2) is 0 Å². The van der Waals surface area contributed by atoms with Crippen LogP contribution in [-0.2, 0) is 0 Å². The molecule has 2 rings (SSSR count). The number of aliphatic hydroxyl groups excluding tert-OH is 1. The molecule has 0 spiro atoms. The number of allylic oxidation sites excluding steroid dienone is 13. The van der Waals surface area contributed by atoms with E-state index in [9.17, 15) is 5.11 Å². The van der Waals surface area contributed by atoms with E-state index in [0.29, 0.717) is 11.3 Å². The molecule has 0 aliphatic heterocycles. The molecule has 2 aliphatic rings. The van der Waals surface area contributed by atoms with Gasteiger partial charge in [-0.1, -0.05) is 123 Å². The molecular weight excluding hydrogens is 496 g/mol. The zero-order chi connectivity index (χ0) is 30.6. The van der Waals surface area contributed by atoms with E-state index in [-0.39, 0.29) is 17.4 Å². The minimum Gasteiger partial charge on any atom is -0.389 e. The fraction of sp³-hybridized carbons (Fsp3) is 0.600. The van der Waals surface area contributed by atoms with Crippen molar-refractivity contribution in [1.82, 2.24) is 0 Å². The van der Waals surface area contributed by atoms with Crippen LogP contribution in [0.3, 0.4) is 0 Å². The lowest BCUT2D eigenvalue weighted by molar-refractivity contribution is 0.120. The third kappa shape index (κ3) is 12.2. The van der Waals surface area contributed by atoms with Crippen molar-refractivity contribution >= 4 is 0 Å². The summed E-state index contributed by atoms with van der Waals surface area (Å²) in [5.41, 5.74) is 8.81. The maximum Gasteiger partial charge on any atom is 0.0729 e. The van der Waals surface area contributed by atoms with Gasteiger partial charge in [0.25, 0.3) is 0 Å². The van der Waals surface area contributed by atoms with Crippen LogP contribution in [0.25, 0.3) is 0 Å². The van der Waals surface area contributed by atoms with Crippen LogP contribution in [0.4, 0.5) is 0 Å². The molecule has 0 saturated carbocycles. The predicted molar refractivity (Wildman–Crippen MR) is 182 cm³/mol. The first kappa shape index (κ1) is 34.9. The molecular formula is C40H60O. The summed E-state index contributed by atoms with van der Waals surface area (Å²) in [6, 6.07) is 0. The topological polar surface area (TPSA) is 20.2 Å². The Labute approximate surface area is 254 Å². The lowest BCUT2D eigenvalue weighted by Crippen LogP contribution is -2.32. The third-order valence-corrected chi connectivity index (χ3v) is 9.18. The molecule has 0 radical (unpaired) electrons. The molecule has 0 aromatic heterocycles. The van der Waals surface area contributed by atoms with Crippen LogP contribution < -0.4 is 0 Å². The molecule has 226 valence electrons. The van der Waals surface area contributed by atoms with Gasteiger partial charge in [-0.3, -0.25) is 0 Å². The van der Waals surface area contributed by atoms with E-state index >= 15 is 0 Å². The van der Waals surface area contributed by atoms with E-state index in [0.717, 1.165) is 31.3 Å². The second kappa shape index (κ2) is 16.4. The number of aliphatic hydroxyl groups is 1. The van der Waals surface area contributed by atoms with Gasteiger partial charge in [0, 0.05) is 5.92 Å². The Hall–Kier alpha value is -2.30. The molecule has 0 saturated heterocycles. The fourth-order valence-corrected chi connectivity index (χ4v) is 6.56. The Morgan fingerprint density at radius 2 is 1.83 bits per heavy atom. The lowest BCUT2D eigenvalue weighted by Gasteiger charge is -2.37. The number of hydrogen-bond acceptors (Lipinski definition) is 1. The first-order valence-corrected chi connectivity index (χ1v) is 16.1. The Balaban J connectivity index is 1.75. The molecule has 1 nitrogen and oxygen atoms in total. The standard InChI is InChI=1S/C40H60O/c1-30(18-13-20-32(3)23-25-37-34(5)22-15-27-39(37,7)8)16-11-12-17-31(2)19-14-21-33(4)24-26-38-35(6)28-36(41)29-40(38,9)10/h11-13,16,18,20-21,28,31,36,38,41H,14-15,17,19,22-23,25,27,29H2,1-10H3/b12-11+,18-13+,30-16+,32-20+,33-21+/t31?,36-,38+/m1/s1. The Bertz CT molecular complexity index is 1140. The van der Waals surface area contributed by atoms with Crippen LogP contribution in [0.2, 0.25) is 0 Å². The van der Waals surface area contributed by atoms with Crippen LogP contribution in [0.1, 0.15) is 127 Å². The van der Waals surface area contributed by atoms with Crippen molar-refractivity contribution < 1.29 is 5.11 Å². The second-order valence-electron chi connectivity index (χ2n) is 14.4. The molecule has 0 aromatic rings. The van der Waals surface area contributed by atoms with Crippen molar-refractivity contribution in [2.24, 2.45) is 22.7 Å². The van der Waals surface area contributed by atoms with Crippen LogP contribution >= 0.6 is 0 Å². The molecule has 1 heteroatoms. The van der Waals surface area contributed by atoms with E-state index in [2.05, 4.69) is 124 Å². The lowest BCUT2D eigenvalue weighted by atomic mass is 9.68. The minimum atomic E-state index is -0.339. The monoisotopic (exact) mass is 556 g/mol. The van der Waals surface area contributed by atoms with Gasteiger partial charge in [-0.2, -0.15) is 0 Å². The molecule has 2 aliphatic carbocycles. The van der Waals surface area contributed by atoms with Gasteiger partial charge in [0.1, 0.15) is 0 Å². The highest BCUT2D eigenvalue weighted by molar-refractivity contribution is 5.33. The van der Waals surface area contributed by atoms with E-state index in [1.165, 1.54) is 48.8 Å². The highest BCUT2D eigenvalue weighted by Gasteiger charge is 2.35. The van der Waals surface area contributed by atoms with Gasteiger partial charge in [0.05, 0.1) is 6.10 Å². The average molecular weight is 557 g/mol. The van der Waals surface area contributed by atoms with Crippen molar-refractivity contribution in [3.63, 3.8) is 0 Å². The first-order chi connectivity index (χ1) is 19.2. The van der Waals surface area contributed by atoms with E-state index in [4.69, 9.17) is 0 Å². The summed E-state index contributed by atoms with van der Waals surface area (Å²) in [6.07, 6.45) is 27.8. The Morgan fingerprint density at radius 1 is 1.10 bits per heavy atom. The molecule has 41 heavy (non-hydrogen) atoms. The van der Waals surface area contributed by atoms with Gasteiger partial charge in [-0.05, 0) is 115 Å². The molecule has 0 heterocycles. The Morgan fingerprint density at radius 3 is 2.51 bits per heavy atom. The SMILES string of the molecule is CC1=C[C@@H](O)CC(C)(C)[C@H]1C#C/C(C)=C/CCC(C)C/C=C/C=C(C)/C=C/C=C(\C)CCC1=C(C)CCCC1(C)C. The molecule has 0 aromatic carbocycles. The van der Waals surface area contributed by atoms with Gasteiger partial charge in [-0.25, -0.2) is 0 Å². The van der Waals surface area contributed by atoms with E-state index in [1.54, 1.807) is 11.1 Å². The van der Waals surface area contributed by atoms with Crippen LogP contribution in [0.5, 0.6) is 0 Å². The van der Waals surface area contributed by atoms with E-state index in [1.807, 2.05) is 6.08 Å². The average Bonchev–Trinajstić information content (AvgIpc) is 2.84. The maximum absolute atomic E-state index is 10.1. The van der Waals surface area contributed by atoms with Crippen molar-refractivity contribution in [2.45, 2.75) is 133 Å². The molecule has 1 unspecified atom stereocenters. The first-order valence-electron chi connectivity index (χ1n) is 16.1. The zero-order valence-electron chi connectivity index (χ0n) is 28.2. The Kier molecular flexibility index (Phi) is 13.9. The van der Waals surface area contributed by atoms with Gasteiger partial charge >= 0.3 is 0 Å². The van der Waals surface area contributed by atoms with Crippen LogP contribution in [-0.4, -0.2) is 11.2 Å². The summed E-state index contributed by atoms with van der Waals surface area (Å²) in [7, 11) is 0. The summed E-state index contributed by atoms with van der Waals surface area (Å²) in [4.78, 5) is 0. The molecule has 0 amide bonds. The summed E-state index contributed by atoms with van der Waals surface area (Å²) < 4.78 is 0. The fourth-order valence-electron chi connectivity index (χ4n) is 6.56. The molecule has 1 N–H and O–H groups in total. The molecule has 3 atom stereocenters. The zero-order valence-corrected chi connectivity index (χ0v) is 28.2. The number of hydrogen-bond donors (Lipinski definition) is 1. The van der Waals surface area contributed by atoms with Crippen LogP contribution in [0, 0.1) is 34.5 Å². The highest BCUT2D eigenvalue weighted by atomic mass is 16.3. The molecule has 0 bridgehead atoms. The maximum atomic E-state index is 10.1. The highest BCUT2D eigenvalue weighted by Crippen LogP contribution is 2.43. The largest absolute Gasteiger partial charge is 0.389 e. The normalized spacial score (nSPS) is 24.5. The van der Waals surface area contributed by atoms with Gasteiger partial charge < -0.3 is 5.11 Å². The second-order valence-corrected chi connectivity index (χ2v) is 14.4. The number of rotatable bonds is 11. The van der Waals surface area contributed by atoms with Gasteiger partial charge in [-0.15, -0.1) is 0 Å². The van der Waals surface area contributed by atoms with Crippen molar-refractivity contribution in [3.05, 3.63) is 82.0 Å². The van der Waals surface area contributed by atoms with Gasteiger partial charge in [0.2, 0.25) is 0 Å². The predicted octanol–water partition coefficient (Wildman–Crippen LogP) is 11.4.